The van der Waals surface area contributed by atoms with Gasteiger partial charge < -0.3 is 5.32 Å². The molecule has 1 aromatic heterocycles. The van der Waals surface area contributed by atoms with Crippen LogP contribution < -0.4 is 5.32 Å². The Morgan fingerprint density at radius 1 is 1.39 bits per heavy atom. The second-order valence-corrected chi connectivity index (χ2v) is 4.46. The van der Waals surface area contributed by atoms with Gasteiger partial charge in [0.15, 0.2) is 0 Å². The smallest absolute Gasteiger partial charge is 0.224 e. The van der Waals surface area contributed by atoms with E-state index in [9.17, 15) is 4.79 Å². The summed E-state index contributed by atoms with van der Waals surface area (Å²) < 4.78 is 0. The minimum absolute atomic E-state index is 0.0484. The molecule has 0 aliphatic heterocycles. The number of aromatic nitrogens is 1. The van der Waals surface area contributed by atoms with E-state index in [1.807, 2.05) is 11.4 Å². The van der Waals surface area contributed by atoms with Crippen LogP contribution in [0.15, 0.2) is 35.2 Å². The molecule has 4 nitrogen and oxygen atoms in total. The van der Waals surface area contributed by atoms with Gasteiger partial charge in [0.2, 0.25) is 5.91 Å². The molecular weight excluding hydrogens is 246 g/mol. The van der Waals surface area contributed by atoms with Crippen LogP contribution in [-0.4, -0.2) is 10.9 Å². The van der Waals surface area contributed by atoms with Gasteiger partial charge in [0.25, 0.3) is 0 Å². The molecular formula is C13H11N3OS. The first-order valence-corrected chi connectivity index (χ1v) is 6.35. The fourth-order valence-corrected chi connectivity index (χ4v) is 2.02. The van der Waals surface area contributed by atoms with Crippen molar-refractivity contribution in [2.45, 2.75) is 13.0 Å². The zero-order valence-corrected chi connectivity index (χ0v) is 10.4. The van der Waals surface area contributed by atoms with Crippen molar-refractivity contribution < 1.29 is 4.79 Å². The highest BCUT2D eigenvalue weighted by molar-refractivity contribution is 7.07. The van der Waals surface area contributed by atoms with E-state index in [1.54, 1.807) is 29.8 Å². The second-order valence-electron chi connectivity index (χ2n) is 3.74. The van der Waals surface area contributed by atoms with Crippen LogP contribution >= 0.6 is 11.3 Å². The maximum absolute atomic E-state index is 11.7. The van der Waals surface area contributed by atoms with Crippen molar-refractivity contribution in [2.24, 2.45) is 0 Å². The van der Waals surface area contributed by atoms with Gasteiger partial charge in [0.05, 0.1) is 35.8 Å². The molecule has 0 spiro atoms. The van der Waals surface area contributed by atoms with E-state index in [4.69, 9.17) is 5.26 Å². The summed E-state index contributed by atoms with van der Waals surface area (Å²) >= 11 is 1.51. The maximum atomic E-state index is 11.7. The van der Waals surface area contributed by atoms with Crippen LogP contribution in [0.25, 0.3) is 0 Å². The first-order valence-electron chi connectivity index (χ1n) is 5.41. The third-order valence-corrected chi connectivity index (χ3v) is 3.03. The van der Waals surface area contributed by atoms with E-state index in [0.717, 1.165) is 11.3 Å². The van der Waals surface area contributed by atoms with Gasteiger partial charge in [0.1, 0.15) is 0 Å². The standard InChI is InChI=1S/C13H11N3OS/c14-6-11-3-1-10(2-4-11)5-13(17)15-7-12-8-18-9-16-12/h1-4,8-9H,5,7H2,(H,15,17). The van der Waals surface area contributed by atoms with Gasteiger partial charge in [-0.1, -0.05) is 12.1 Å². The van der Waals surface area contributed by atoms with Gasteiger partial charge >= 0.3 is 0 Å². The summed E-state index contributed by atoms with van der Waals surface area (Å²) in [6.07, 6.45) is 0.315. The normalized spacial score (nSPS) is 9.72. The van der Waals surface area contributed by atoms with E-state index in [1.165, 1.54) is 11.3 Å². The number of carbonyl (C=O) groups is 1. The zero-order chi connectivity index (χ0) is 12.8. The molecule has 1 heterocycles. The SMILES string of the molecule is N#Cc1ccc(CC(=O)NCc2cscn2)cc1. The minimum Gasteiger partial charge on any atom is -0.350 e. The summed E-state index contributed by atoms with van der Waals surface area (Å²) in [5.41, 5.74) is 4.10. The highest BCUT2D eigenvalue weighted by atomic mass is 32.1. The molecule has 0 saturated carbocycles. The lowest BCUT2D eigenvalue weighted by Gasteiger charge is -2.03. The molecule has 2 rings (SSSR count). The van der Waals surface area contributed by atoms with Crippen molar-refractivity contribution in [1.82, 2.24) is 10.3 Å². The van der Waals surface area contributed by atoms with Gasteiger partial charge in [-0.3, -0.25) is 4.79 Å². The molecule has 1 aromatic carbocycles. The molecule has 1 N–H and O–H groups in total. The minimum atomic E-state index is -0.0484. The number of thiazole rings is 1. The molecule has 0 aliphatic carbocycles. The molecule has 5 heteroatoms. The lowest BCUT2D eigenvalue weighted by atomic mass is 10.1. The van der Waals surface area contributed by atoms with E-state index < -0.39 is 0 Å². The molecule has 0 unspecified atom stereocenters. The Hall–Kier alpha value is -2.19. The Morgan fingerprint density at radius 2 is 2.17 bits per heavy atom. The number of nitrogens with zero attached hydrogens (tertiary/aromatic N) is 2. The van der Waals surface area contributed by atoms with Crippen molar-refractivity contribution in [2.75, 3.05) is 0 Å². The molecule has 2 aromatic rings. The second kappa shape index (κ2) is 5.94. The van der Waals surface area contributed by atoms with Crippen molar-refractivity contribution in [3.05, 3.63) is 52.0 Å². The van der Waals surface area contributed by atoms with Crippen LogP contribution in [0, 0.1) is 11.3 Å². The van der Waals surface area contributed by atoms with Crippen LogP contribution in [0.3, 0.4) is 0 Å². The summed E-state index contributed by atoms with van der Waals surface area (Å²) in [7, 11) is 0. The quantitative estimate of drug-likeness (QED) is 0.909. The number of amides is 1. The molecule has 1 amide bonds. The molecule has 0 saturated heterocycles. The fraction of sp³-hybridized carbons (Fsp3) is 0.154. The largest absolute Gasteiger partial charge is 0.350 e. The summed E-state index contributed by atoms with van der Waals surface area (Å²) in [4.78, 5) is 15.7. The first kappa shape index (κ1) is 12.3. The number of nitriles is 1. The summed E-state index contributed by atoms with van der Waals surface area (Å²) in [6, 6.07) is 9.05. The van der Waals surface area contributed by atoms with Gasteiger partial charge in [-0.15, -0.1) is 11.3 Å². The van der Waals surface area contributed by atoms with Gasteiger partial charge in [-0.2, -0.15) is 5.26 Å². The summed E-state index contributed by atoms with van der Waals surface area (Å²) in [5.74, 6) is -0.0484. The van der Waals surface area contributed by atoms with E-state index in [-0.39, 0.29) is 5.91 Å². The molecule has 0 radical (unpaired) electrons. The lowest BCUT2D eigenvalue weighted by Crippen LogP contribution is -2.24. The maximum Gasteiger partial charge on any atom is 0.224 e. The van der Waals surface area contributed by atoms with E-state index in [2.05, 4.69) is 10.3 Å². The monoisotopic (exact) mass is 257 g/mol. The summed E-state index contributed by atoms with van der Waals surface area (Å²) in [5, 5.41) is 13.4. The number of nitrogens with one attached hydrogen (secondary N) is 1. The third-order valence-electron chi connectivity index (χ3n) is 2.40. The average Bonchev–Trinajstić information content (AvgIpc) is 2.90. The van der Waals surface area contributed by atoms with Gasteiger partial charge in [-0.25, -0.2) is 4.98 Å². The van der Waals surface area contributed by atoms with Crippen LogP contribution in [0.4, 0.5) is 0 Å². The van der Waals surface area contributed by atoms with Crippen molar-refractivity contribution >= 4 is 17.2 Å². The molecule has 0 bridgehead atoms. The van der Waals surface area contributed by atoms with Crippen LogP contribution in [0.2, 0.25) is 0 Å². The summed E-state index contributed by atoms with van der Waals surface area (Å²) in [6.45, 7) is 0.457. The number of rotatable bonds is 4. The Labute approximate surface area is 109 Å². The number of hydrogen-bond acceptors (Lipinski definition) is 4. The highest BCUT2D eigenvalue weighted by Crippen LogP contribution is 2.04. The highest BCUT2D eigenvalue weighted by Gasteiger charge is 2.04. The molecule has 18 heavy (non-hydrogen) atoms. The van der Waals surface area contributed by atoms with Crippen molar-refractivity contribution in [3.63, 3.8) is 0 Å². The Balaban J connectivity index is 1.85. The van der Waals surface area contributed by atoms with E-state index in [0.29, 0.717) is 18.5 Å². The van der Waals surface area contributed by atoms with Crippen LogP contribution in [0.5, 0.6) is 0 Å². The van der Waals surface area contributed by atoms with Crippen LogP contribution in [-0.2, 0) is 17.8 Å². The molecule has 90 valence electrons. The Bertz CT molecular complexity index is 555. The Kier molecular flexibility index (Phi) is 4.05. The lowest BCUT2D eigenvalue weighted by molar-refractivity contribution is -0.120. The van der Waals surface area contributed by atoms with Crippen LogP contribution in [0.1, 0.15) is 16.8 Å². The number of benzene rings is 1. The predicted octanol–water partition coefficient (Wildman–Crippen LogP) is 1.87. The first-order chi connectivity index (χ1) is 8.78. The number of carbonyl (C=O) groups excluding carboxylic acids is 1. The third kappa shape index (κ3) is 3.40. The molecule has 0 aliphatic rings. The van der Waals surface area contributed by atoms with Crippen molar-refractivity contribution in [1.29, 1.82) is 5.26 Å². The fourth-order valence-electron chi connectivity index (χ4n) is 1.46. The predicted molar refractivity (Wildman–Crippen MR) is 68.8 cm³/mol. The Morgan fingerprint density at radius 3 is 2.78 bits per heavy atom. The molecule has 0 fully saturated rings. The van der Waals surface area contributed by atoms with E-state index >= 15 is 0 Å². The topological polar surface area (TPSA) is 65.8 Å². The van der Waals surface area contributed by atoms with Crippen molar-refractivity contribution in [3.8, 4) is 6.07 Å². The average molecular weight is 257 g/mol. The van der Waals surface area contributed by atoms with Gasteiger partial charge in [0, 0.05) is 5.38 Å². The number of hydrogen-bond donors (Lipinski definition) is 1. The van der Waals surface area contributed by atoms with Gasteiger partial charge in [-0.05, 0) is 17.7 Å². The molecule has 0 atom stereocenters. The zero-order valence-electron chi connectivity index (χ0n) is 9.59.